The maximum atomic E-state index is 14.4. The van der Waals surface area contributed by atoms with E-state index in [4.69, 9.17) is 9.47 Å². The van der Waals surface area contributed by atoms with Gasteiger partial charge in [-0.05, 0) is 57.2 Å². The number of halogens is 2. The highest BCUT2D eigenvalue weighted by molar-refractivity contribution is 5.43. The number of hydrogen-bond acceptors (Lipinski definition) is 5. The fourth-order valence-electron chi connectivity index (χ4n) is 3.39. The Morgan fingerprint density at radius 1 is 1.09 bits per heavy atom. The van der Waals surface area contributed by atoms with Crippen LogP contribution in [0.15, 0.2) is 48.5 Å². The Morgan fingerprint density at radius 3 is 2.41 bits per heavy atom. The molecule has 8 heteroatoms. The molecule has 2 aromatic carbocycles. The molecular formula is C24H29F2N3O3. The lowest BCUT2D eigenvalue weighted by atomic mass is 10.2. The van der Waals surface area contributed by atoms with Gasteiger partial charge in [0.15, 0.2) is 11.6 Å². The average Bonchev–Trinajstić information content (AvgIpc) is 3.05. The smallest absolute Gasteiger partial charge is 0.227 e. The van der Waals surface area contributed by atoms with Crippen LogP contribution in [0.25, 0.3) is 5.69 Å². The van der Waals surface area contributed by atoms with E-state index in [1.165, 1.54) is 18.2 Å². The van der Waals surface area contributed by atoms with E-state index in [2.05, 4.69) is 10.00 Å². The molecule has 0 saturated carbocycles. The molecule has 0 bridgehead atoms. The van der Waals surface area contributed by atoms with Crippen molar-refractivity contribution in [2.45, 2.75) is 39.5 Å². The Labute approximate surface area is 187 Å². The second-order valence-corrected chi connectivity index (χ2v) is 7.92. The molecular weight excluding hydrogens is 416 g/mol. The number of rotatable bonds is 10. The number of ether oxygens (including phenoxy) is 2. The zero-order valence-electron chi connectivity index (χ0n) is 18.8. The third-order valence-electron chi connectivity index (χ3n) is 5.15. The van der Waals surface area contributed by atoms with Crippen LogP contribution < -0.4 is 4.74 Å². The van der Waals surface area contributed by atoms with E-state index >= 15 is 0 Å². The normalized spacial score (nSPS) is 12.5. The van der Waals surface area contributed by atoms with Gasteiger partial charge in [0.1, 0.15) is 5.82 Å². The summed E-state index contributed by atoms with van der Waals surface area (Å²) in [6.45, 7) is 6.90. The molecule has 0 unspecified atom stereocenters. The predicted molar refractivity (Wildman–Crippen MR) is 118 cm³/mol. The predicted octanol–water partition coefficient (Wildman–Crippen LogP) is 4.47. The zero-order chi connectivity index (χ0) is 23.3. The van der Waals surface area contributed by atoms with Crippen molar-refractivity contribution in [1.82, 2.24) is 14.7 Å². The van der Waals surface area contributed by atoms with Gasteiger partial charge in [0.05, 0.1) is 29.7 Å². The number of aromatic nitrogens is 2. The lowest BCUT2D eigenvalue weighted by Crippen LogP contribution is -2.38. The molecule has 1 aromatic heterocycles. The SMILES string of the molecule is COC[C@H](O)CN(Cc1c(C)nn(-c2ccc(F)cc2)c1Oc1ccccc1F)C(C)C. The highest BCUT2D eigenvalue weighted by Crippen LogP contribution is 2.33. The van der Waals surface area contributed by atoms with Crippen molar-refractivity contribution in [2.24, 2.45) is 0 Å². The number of aliphatic hydroxyl groups is 1. The van der Waals surface area contributed by atoms with Crippen molar-refractivity contribution >= 4 is 0 Å². The Bertz CT molecular complexity index is 1020. The largest absolute Gasteiger partial charge is 0.435 e. The van der Waals surface area contributed by atoms with Crippen molar-refractivity contribution in [3.8, 4) is 17.3 Å². The van der Waals surface area contributed by atoms with Crippen LogP contribution in [-0.2, 0) is 11.3 Å². The van der Waals surface area contributed by atoms with Crippen LogP contribution >= 0.6 is 0 Å². The second kappa shape index (κ2) is 10.7. The Morgan fingerprint density at radius 2 is 1.78 bits per heavy atom. The van der Waals surface area contributed by atoms with E-state index in [-0.39, 0.29) is 24.2 Å². The van der Waals surface area contributed by atoms with Gasteiger partial charge < -0.3 is 14.6 Å². The molecule has 3 rings (SSSR count). The molecule has 0 aliphatic carbocycles. The molecule has 0 aliphatic rings. The molecule has 0 fully saturated rings. The molecule has 6 nitrogen and oxygen atoms in total. The fraction of sp³-hybridized carbons (Fsp3) is 0.375. The topological polar surface area (TPSA) is 59.8 Å². The van der Waals surface area contributed by atoms with Crippen LogP contribution in [0.3, 0.4) is 0 Å². The Balaban J connectivity index is 2.04. The van der Waals surface area contributed by atoms with Crippen molar-refractivity contribution in [3.63, 3.8) is 0 Å². The summed E-state index contributed by atoms with van der Waals surface area (Å²) >= 11 is 0. The second-order valence-electron chi connectivity index (χ2n) is 7.92. The van der Waals surface area contributed by atoms with Gasteiger partial charge in [-0.2, -0.15) is 5.10 Å². The first-order valence-corrected chi connectivity index (χ1v) is 10.5. The molecule has 0 spiro atoms. The minimum Gasteiger partial charge on any atom is -0.435 e. The summed E-state index contributed by atoms with van der Waals surface area (Å²) in [7, 11) is 1.54. The van der Waals surface area contributed by atoms with Gasteiger partial charge >= 0.3 is 0 Å². The van der Waals surface area contributed by atoms with Crippen molar-refractivity contribution < 1.29 is 23.4 Å². The van der Waals surface area contributed by atoms with Gasteiger partial charge in [-0.1, -0.05) is 12.1 Å². The first-order chi connectivity index (χ1) is 15.3. The minimum absolute atomic E-state index is 0.0625. The summed E-state index contributed by atoms with van der Waals surface area (Å²) in [4.78, 5) is 2.07. The lowest BCUT2D eigenvalue weighted by molar-refractivity contribution is 0.0277. The van der Waals surface area contributed by atoms with Gasteiger partial charge in [-0.3, -0.25) is 4.90 Å². The third kappa shape index (κ3) is 5.70. The molecule has 1 atom stereocenters. The van der Waals surface area contributed by atoms with E-state index in [1.54, 1.807) is 42.1 Å². The van der Waals surface area contributed by atoms with Gasteiger partial charge in [-0.15, -0.1) is 0 Å². The fourth-order valence-corrected chi connectivity index (χ4v) is 3.39. The minimum atomic E-state index is -0.661. The van der Waals surface area contributed by atoms with Gasteiger partial charge in [-0.25, -0.2) is 13.5 Å². The molecule has 0 aliphatic heterocycles. The number of hydrogen-bond donors (Lipinski definition) is 1. The highest BCUT2D eigenvalue weighted by atomic mass is 19.1. The first kappa shape index (κ1) is 23.8. The number of para-hydroxylation sites is 1. The summed E-state index contributed by atoms with van der Waals surface area (Å²) in [6, 6.07) is 12.1. The van der Waals surface area contributed by atoms with Gasteiger partial charge in [0.2, 0.25) is 5.88 Å². The zero-order valence-corrected chi connectivity index (χ0v) is 18.8. The summed E-state index contributed by atoms with van der Waals surface area (Å²) in [5, 5.41) is 14.9. The maximum Gasteiger partial charge on any atom is 0.227 e. The van der Waals surface area contributed by atoms with Crippen LogP contribution in [-0.4, -0.2) is 52.2 Å². The van der Waals surface area contributed by atoms with E-state index in [0.717, 1.165) is 5.56 Å². The van der Waals surface area contributed by atoms with E-state index < -0.39 is 11.9 Å². The van der Waals surface area contributed by atoms with Gasteiger partial charge in [0.25, 0.3) is 0 Å². The summed E-state index contributed by atoms with van der Waals surface area (Å²) in [5.74, 6) is -0.467. The molecule has 32 heavy (non-hydrogen) atoms. The molecule has 0 saturated heterocycles. The molecule has 0 amide bonds. The molecule has 1 heterocycles. The first-order valence-electron chi connectivity index (χ1n) is 10.5. The summed E-state index contributed by atoms with van der Waals surface area (Å²) in [5.41, 5.74) is 2.02. The molecule has 172 valence electrons. The maximum absolute atomic E-state index is 14.4. The Kier molecular flexibility index (Phi) is 7.95. The van der Waals surface area contributed by atoms with Crippen LogP contribution in [0.2, 0.25) is 0 Å². The number of methoxy groups -OCH3 is 1. The molecule has 1 N–H and O–H groups in total. The number of benzene rings is 2. The van der Waals surface area contributed by atoms with Crippen molar-refractivity contribution in [3.05, 3.63) is 71.4 Å². The third-order valence-corrected chi connectivity index (χ3v) is 5.15. The Hall–Kier alpha value is -2.81. The molecule has 3 aromatic rings. The average molecular weight is 446 g/mol. The van der Waals surface area contributed by atoms with Crippen molar-refractivity contribution in [2.75, 3.05) is 20.3 Å². The summed E-state index contributed by atoms with van der Waals surface area (Å²) < 4.78 is 40.5. The number of aryl methyl sites for hydroxylation is 1. The van der Waals surface area contributed by atoms with Crippen molar-refractivity contribution in [1.29, 1.82) is 0 Å². The van der Waals surface area contributed by atoms with E-state index in [0.29, 0.717) is 30.4 Å². The van der Waals surface area contributed by atoms with Gasteiger partial charge in [0, 0.05) is 26.2 Å². The standard InChI is InChI=1S/C24H29F2N3O3/c1-16(2)28(13-20(30)15-31-4)14-21-17(3)27-29(19-11-9-18(25)10-12-19)24(21)32-23-8-6-5-7-22(23)26/h5-12,16,20,30H,13-15H2,1-4H3/t20-/m1/s1. The van der Waals surface area contributed by atoms with Crippen LogP contribution in [0, 0.1) is 18.6 Å². The number of nitrogens with zero attached hydrogens (tertiary/aromatic N) is 3. The highest BCUT2D eigenvalue weighted by Gasteiger charge is 2.24. The monoisotopic (exact) mass is 445 g/mol. The number of aliphatic hydroxyl groups excluding tert-OH is 1. The summed E-state index contributed by atoms with van der Waals surface area (Å²) in [6.07, 6.45) is -0.661. The van der Waals surface area contributed by atoms with Crippen LogP contribution in [0.4, 0.5) is 8.78 Å². The van der Waals surface area contributed by atoms with E-state index in [9.17, 15) is 13.9 Å². The van der Waals surface area contributed by atoms with E-state index in [1.807, 2.05) is 20.8 Å². The molecule has 0 radical (unpaired) electrons. The van der Waals surface area contributed by atoms with Crippen LogP contribution in [0.1, 0.15) is 25.1 Å². The van der Waals surface area contributed by atoms with Crippen LogP contribution in [0.5, 0.6) is 11.6 Å². The quantitative estimate of drug-likeness (QED) is 0.499. The lowest BCUT2D eigenvalue weighted by Gasteiger charge is -2.28.